The quantitative estimate of drug-likeness (QED) is 0.617. The van der Waals surface area contributed by atoms with Crippen LogP contribution in [0.1, 0.15) is 10.4 Å². The van der Waals surface area contributed by atoms with E-state index in [9.17, 15) is 9.59 Å². The van der Waals surface area contributed by atoms with Gasteiger partial charge in [0, 0.05) is 6.07 Å². The van der Waals surface area contributed by atoms with E-state index in [1.165, 1.54) is 19.2 Å². The molecule has 0 radical (unpaired) electrons. The molecular weight excluding hydrogens is 228 g/mol. The summed E-state index contributed by atoms with van der Waals surface area (Å²) in [5.41, 5.74) is -0.0516. The highest BCUT2D eigenvalue weighted by Crippen LogP contribution is 2.36. The van der Waals surface area contributed by atoms with Crippen LogP contribution in [-0.2, 0) is 4.79 Å². The minimum atomic E-state index is -1.54. The molecule has 0 bridgehead atoms. The molecule has 6 nitrogen and oxygen atoms in total. The van der Waals surface area contributed by atoms with E-state index in [4.69, 9.17) is 19.3 Å². The lowest BCUT2D eigenvalue weighted by Gasteiger charge is -2.19. The Balaban J connectivity index is 2.50. The van der Waals surface area contributed by atoms with Gasteiger partial charge in [0.15, 0.2) is 11.5 Å². The number of carbonyl (C=O) groups is 2. The largest absolute Gasteiger partial charge is 0.496 e. The standard InChI is InChI=1S/C11H10O6/c1-15-7-5-9-8(16-2-3-17-9)4-6(7)10(12)11(13)14/h4-5H,2-3H2,1H3,(H,13,14). The molecule has 0 unspecified atom stereocenters. The third-order valence-corrected chi connectivity index (χ3v) is 2.30. The van der Waals surface area contributed by atoms with Crippen LogP contribution >= 0.6 is 0 Å². The SMILES string of the molecule is COc1cc2c(cc1C(=O)C(=O)O)OCCO2. The highest BCUT2D eigenvalue weighted by Gasteiger charge is 2.24. The number of Topliss-reactive ketones (excluding diaryl/α,β-unsaturated/α-hetero) is 1. The van der Waals surface area contributed by atoms with Crippen molar-refractivity contribution in [2.45, 2.75) is 0 Å². The molecule has 0 amide bonds. The lowest BCUT2D eigenvalue weighted by molar-refractivity contribution is -0.131. The molecule has 1 N–H and O–H groups in total. The highest BCUT2D eigenvalue weighted by molar-refractivity contribution is 6.40. The van der Waals surface area contributed by atoms with E-state index in [1.807, 2.05) is 0 Å². The Bertz CT molecular complexity index is 479. The van der Waals surface area contributed by atoms with E-state index in [0.29, 0.717) is 24.7 Å². The molecule has 0 aromatic heterocycles. The number of fused-ring (bicyclic) bond motifs is 1. The lowest BCUT2D eigenvalue weighted by atomic mass is 10.1. The van der Waals surface area contributed by atoms with Gasteiger partial charge < -0.3 is 19.3 Å². The number of aliphatic carboxylic acids is 1. The van der Waals surface area contributed by atoms with E-state index >= 15 is 0 Å². The minimum Gasteiger partial charge on any atom is -0.496 e. The topological polar surface area (TPSA) is 82.1 Å². The molecule has 0 saturated carbocycles. The average molecular weight is 238 g/mol. The first kappa shape index (κ1) is 11.3. The number of carboxylic acids is 1. The smallest absolute Gasteiger partial charge is 0.377 e. The molecular formula is C11H10O6. The molecule has 1 aliphatic rings. The summed E-state index contributed by atoms with van der Waals surface area (Å²) < 4.78 is 15.5. The molecule has 0 fully saturated rings. The number of hydrogen-bond acceptors (Lipinski definition) is 5. The molecule has 1 heterocycles. The van der Waals surface area contributed by atoms with Gasteiger partial charge in [0.2, 0.25) is 0 Å². The molecule has 0 saturated heterocycles. The molecule has 0 atom stereocenters. The monoisotopic (exact) mass is 238 g/mol. The fourth-order valence-corrected chi connectivity index (χ4v) is 1.53. The summed E-state index contributed by atoms with van der Waals surface area (Å²) in [7, 11) is 1.35. The van der Waals surface area contributed by atoms with Gasteiger partial charge in [0.1, 0.15) is 19.0 Å². The Morgan fingerprint density at radius 2 is 1.82 bits per heavy atom. The van der Waals surface area contributed by atoms with Crippen molar-refractivity contribution in [2.24, 2.45) is 0 Å². The van der Waals surface area contributed by atoms with Gasteiger partial charge in [-0.1, -0.05) is 0 Å². The van der Waals surface area contributed by atoms with Crippen LogP contribution in [0.5, 0.6) is 17.2 Å². The second-order valence-corrected chi connectivity index (χ2v) is 3.33. The first-order valence-corrected chi connectivity index (χ1v) is 4.88. The van der Waals surface area contributed by atoms with Crippen molar-refractivity contribution in [3.05, 3.63) is 17.7 Å². The second kappa shape index (κ2) is 4.32. The third kappa shape index (κ3) is 2.01. The van der Waals surface area contributed by atoms with Crippen LogP contribution in [0.15, 0.2) is 12.1 Å². The predicted molar refractivity (Wildman–Crippen MR) is 56.0 cm³/mol. The zero-order valence-electron chi connectivity index (χ0n) is 9.06. The van der Waals surface area contributed by atoms with Crippen LogP contribution < -0.4 is 14.2 Å². The summed E-state index contributed by atoms with van der Waals surface area (Å²) in [5.74, 6) is -1.64. The summed E-state index contributed by atoms with van der Waals surface area (Å²) in [5, 5.41) is 8.68. The first-order chi connectivity index (χ1) is 8.13. The number of ether oxygens (including phenoxy) is 3. The molecule has 0 spiro atoms. The number of ketones is 1. The van der Waals surface area contributed by atoms with Gasteiger partial charge in [0.05, 0.1) is 12.7 Å². The minimum absolute atomic E-state index is 0.0516. The zero-order valence-corrected chi connectivity index (χ0v) is 9.06. The van der Waals surface area contributed by atoms with Crippen LogP contribution in [0.25, 0.3) is 0 Å². The van der Waals surface area contributed by atoms with Crippen LogP contribution in [0, 0.1) is 0 Å². The van der Waals surface area contributed by atoms with Crippen molar-refractivity contribution in [3.8, 4) is 17.2 Å². The lowest BCUT2D eigenvalue weighted by Crippen LogP contribution is -2.18. The molecule has 1 aromatic rings. The summed E-state index contributed by atoms with van der Waals surface area (Å²) in [4.78, 5) is 22.1. The number of carboxylic acid groups (broad SMARTS) is 1. The molecule has 90 valence electrons. The Kier molecular flexibility index (Phi) is 2.86. The fourth-order valence-electron chi connectivity index (χ4n) is 1.53. The summed E-state index contributed by atoms with van der Waals surface area (Å²) in [6, 6.07) is 2.77. The number of methoxy groups -OCH3 is 1. The Labute approximate surface area is 96.7 Å². The fraction of sp³-hybridized carbons (Fsp3) is 0.273. The Morgan fingerprint density at radius 3 is 2.35 bits per heavy atom. The first-order valence-electron chi connectivity index (χ1n) is 4.88. The van der Waals surface area contributed by atoms with Crippen molar-refractivity contribution in [3.63, 3.8) is 0 Å². The molecule has 1 aromatic carbocycles. The van der Waals surface area contributed by atoms with Crippen molar-refractivity contribution < 1.29 is 28.9 Å². The second-order valence-electron chi connectivity index (χ2n) is 3.33. The normalized spacial score (nSPS) is 13.0. The Morgan fingerprint density at radius 1 is 1.24 bits per heavy atom. The number of hydrogen-bond donors (Lipinski definition) is 1. The van der Waals surface area contributed by atoms with Crippen molar-refractivity contribution in [1.29, 1.82) is 0 Å². The number of benzene rings is 1. The average Bonchev–Trinajstić information content (AvgIpc) is 2.36. The summed E-state index contributed by atoms with van der Waals surface area (Å²) in [6.07, 6.45) is 0. The molecule has 17 heavy (non-hydrogen) atoms. The van der Waals surface area contributed by atoms with E-state index in [2.05, 4.69) is 0 Å². The van der Waals surface area contributed by atoms with Crippen molar-refractivity contribution in [1.82, 2.24) is 0 Å². The third-order valence-electron chi connectivity index (χ3n) is 2.30. The van der Waals surface area contributed by atoms with E-state index in [1.54, 1.807) is 0 Å². The van der Waals surface area contributed by atoms with Gasteiger partial charge in [0.25, 0.3) is 5.78 Å². The maximum absolute atomic E-state index is 11.4. The van der Waals surface area contributed by atoms with E-state index < -0.39 is 11.8 Å². The van der Waals surface area contributed by atoms with Gasteiger partial charge in [-0.05, 0) is 6.07 Å². The zero-order chi connectivity index (χ0) is 12.4. The van der Waals surface area contributed by atoms with Crippen LogP contribution in [0.4, 0.5) is 0 Å². The van der Waals surface area contributed by atoms with Gasteiger partial charge >= 0.3 is 5.97 Å². The maximum Gasteiger partial charge on any atom is 0.377 e. The van der Waals surface area contributed by atoms with Crippen molar-refractivity contribution >= 4 is 11.8 Å². The van der Waals surface area contributed by atoms with Crippen LogP contribution in [0.2, 0.25) is 0 Å². The van der Waals surface area contributed by atoms with Crippen molar-refractivity contribution in [2.75, 3.05) is 20.3 Å². The predicted octanol–water partition coefficient (Wildman–Crippen LogP) is 0.734. The summed E-state index contributed by atoms with van der Waals surface area (Å²) >= 11 is 0. The maximum atomic E-state index is 11.4. The van der Waals surface area contributed by atoms with Gasteiger partial charge in [-0.2, -0.15) is 0 Å². The van der Waals surface area contributed by atoms with Crippen LogP contribution in [0.3, 0.4) is 0 Å². The van der Waals surface area contributed by atoms with E-state index in [0.717, 1.165) is 0 Å². The number of carbonyl (C=O) groups excluding carboxylic acids is 1. The van der Waals surface area contributed by atoms with Gasteiger partial charge in [-0.25, -0.2) is 4.79 Å². The summed E-state index contributed by atoms with van der Waals surface area (Å²) in [6.45, 7) is 0.766. The van der Waals surface area contributed by atoms with Crippen LogP contribution in [-0.4, -0.2) is 37.2 Å². The molecule has 6 heteroatoms. The molecule has 1 aliphatic heterocycles. The Hall–Kier alpha value is -2.24. The molecule has 0 aliphatic carbocycles. The number of rotatable bonds is 3. The van der Waals surface area contributed by atoms with Gasteiger partial charge in [-0.3, -0.25) is 4.79 Å². The van der Waals surface area contributed by atoms with Gasteiger partial charge in [-0.15, -0.1) is 0 Å². The molecule has 2 rings (SSSR count). The highest BCUT2D eigenvalue weighted by atomic mass is 16.6. The van der Waals surface area contributed by atoms with E-state index in [-0.39, 0.29) is 11.3 Å².